The van der Waals surface area contributed by atoms with Gasteiger partial charge in [0.25, 0.3) is 0 Å². The maximum Gasteiger partial charge on any atom is 0.326 e. The molecule has 156 valence electrons. The Bertz CT molecular complexity index is 1090. The number of H-pyrrole nitrogens is 1. The number of para-hydroxylation sites is 1. The molecule has 0 aliphatic heterocycles. The van der Waals surface area contributed by atoms with E-state index in [2.05, 4.69) is 10.3 Å². The molecular formula is C23H23ClN2O4. The summed E-state index contributed by atoms with van der Waals surface area (Å²) in [6.45, 7) is 1.86. The van der Waals surface area contributed by atoms with Crippen LogP contribution in [0.4, 0.5) is 0 Å². The summed E-state index contributed by atoms with van der Waals surface area (Å²) in [7, 11) is 0. The summed E-state index contributed by atoms with van der Waals surface area (Å²) in [6.07, 6.45) is 2.12. The Hall–Kier alpha value is -3.12. The molecule has 3 rings (SSSR count). The van der Waals surface area contributed by atoms with Gasteiger partial charge in [-0.05, 0) is 35.7 Å². The van der Waals surface area contributed by atoms with Crippen LogP contribution in [0.3, 0.4) is 0 Å². The molecule has 7 heteroatoms. The molecule has 1 atom stereocenters. The molecule has 0 aliphatic rings. The number of nitrogens with one attached hydrogen (secondary N) is 2. The van der Waals surface area contributed by atoms with Crippen molar-refractivity contribution in [3.8, 4) is 0 Å². The molecule has 0 fully saturated rings. The van der Waals surface area contributed by atoms with E-state index in [1.807, 2.05) is 37.3 Å². The highest BCUT2D eigenvalue weighted by Crippen LogP contribution is 2.19. The second-order valence-corrected chi connectivity index (χ2v) is 7.73. The molecule has 0 bridgehead atoms. The number of carbonyl (C=O) groups is 3. The Morgan fingerprint density at radius 2 is 1.90 bits per heavy atom. The third kappa shape index (κ3) is 5.48. The smallest absolute Gasteiger partial charge is 0.326 e. The maximum absolute atomic E-state index is 12.3. The van der Waals surface area contributed by atoms with Crippen LogP contribution in [0.2, 0.25) is 5.02 Å². The van der Waals surface area contributed by atoms with Gasteiger partial charge in [0, 0.05) is 47.8 Å². The number of ketones is 1. The number of hydrogen-bond acceptors (Lipinski definition) is 3. The quantitative estimate of drug-likeness (QED) is 0.484. The van der Waals surface area contributed by atoms with Crippen molar-refractivity contribution in [1.29, 1.82) is 0 Å². The fourth-order valence-corrected chi connectivity index (χ4v) is 3.49. The molecule has 1 amide bonds. The SMILES string of the molecule is Cc1cc(CC(=O)CCC(=O)NC(Cc2c[nH]c3ccccc23)C(=O)O)ccc1Cl. The lowest BCUT2D eigenvalue weighted by molar-refractivity contribution is -0.141. The molecule has 1 aromatic heterocycles. The number of halogens is 1. The zero-order valence-electron chi connectivity index (χ0n) is 16.6. The average molecular weight is 427 g/mol. The minimum atomic E-state index is -1.11. The second kappa shape index (κ2) is 9.59. The molecular weight excluding hydrogens is 404 g/mol. The summed E-state index contributed by atoms with van der Waals surface area (Å²) in [4.78, 5) is 39.2. The predicted octanol–water partition coefficient (Wildman–Crippen LogP) is 3.83. The lowest BCUT2D eigenvalue weighted by atomic mass is 10.0. The van der Waals surface area contributed by atoms with Gasteiger partial charge in [-0.2, -0.15) is 0 Å². The molecule has 2 aromatic carbocycles. The summed E-state index contributed by atoms with van der Waals surface area (Å²) in [5.41, 5.74) is 3.45. The first kappa shape index (κ1) is 21.6. The number of carboxylic acid groups (broad SMARTS) is 1. The number of hydrogen-bond donors (Lipinski definition) is 3. The number of aliphatic carboxylic acids is 1. The fraction of sp³-hybridized carbons (Fsp3) is 0.261. The van der Waals surface area contributed by atoms with Crippen molar-refractivity contribution in [2.45, 2.75) is 38.6 Å². The molecule has 30 heavy (non-hydrogen) atoms. The van der Waals surface area contributed by atoms with Crippen LogP contribution in [-0.4, -0.2) is 33.8 Å². The van der Waals surface area contributed by atoms with E-state index < -0.39 is 17.9 Å². The maximum atomic E-state index is 12.3. The van der Waals surface area contributed by atoms with Gasteiger partial charge in [-0.25, -0.2) is 4.79 Å². The molecule has 0 spiro atoms. The van der Waals surface area contributed by atoms with Gasteiger partial charge in [0.2, 0.25) is 5.91 Å². The van der Waals surface area contributed by atoms with Crippen molar-refractivity contribution >= 4 is 40.2 Å². The van der Waals surface area contributed by atoms with E-state index in [9.17, 15) is 19.5 Å². The number of Topliss-reactive ketones (excluding diaryl/α,β-unsaturated/α-hetero) is 1. The number of carbonyl (C=O) groups excluding carboxylic acids is 2. The molecule has 0 radical (unpaired) electrons. The minimum absolute atomic E-state index is 0.0485. The van der Waals surface area contributed by atoms with Crippen LogP contribution in [0, 0.1) is 6.92 Å². The van der Waals surface area contributed by atoms with Gasteiger partial charge in [0.1, 0.15) is 11.8 Å². The van der Waals surface area contributed by atoms with Gasteiger partial charge >= 0.3 is 5.97 Å². The molecule has 0 aliphatic carbocycles. The molecule has 1 unspecified atom stereocenters. The zero-order valence-corrected chi connectivity index (χ0v) is 17.3. The molecule has 3 aromatic rings. The Morgan fingerprint density at radius 3 is 2.63 bits per heavy atom. The molecule has 1 heterocycles. The van der Waals surface area contributed by atoms with E-state index in [-0.39, 0.29) is 31.5 Å². The van der Waals surface area contributed by atoms with Gasteiger partial charge in [-0.1, -0.05) is 41.9 Å². The number of carboxylic acids is 1. The first-order valence-corrected chi connectivity index (χ1v) is 10.0. The lowest BCUT2D eigenvalue weighted by Gasteiger charge is -2.14. The van der Waals surface area contributed by atoms with E-state index in [1.54, 1.807) is 18.3 Å². The summed E-state index contributed by atoms with van der Waals surface area (Å²) in [6, 6.07) is 11.9. The highest BCUT2D eigenvalue weighted by molar-refractivity contribution is 6.31. The number of amides is 1. The molecule has 0 saturated heterocycles. The topological polar surface area (TPSA) is 99.3 Å². The van der Waals surface area contributed by atoms with Crippen molar-refractivity contribution < 1.29 is 19.5 Å². The fourth-order valence-electron chi connectivity index (χ4n) is 3.37. The van der Waals surface area contributed by atoms with Crippen LogP contribution in [0.5, 0.6) is 0 Å². The second-order valence-electron chi connectivity index (χ2n) is 7.32. The van der Waals surface area contributed by atoms with Crippen LogP contribution in [0.15, 0.2) is 48.7 Å². The van der Waals surface area contributed by atoms with Gasteiger partial charge in [0.05, 0.1) is 0 Å². The lowest BCUT2D eigenvalue weighted by Crippen LogP contribution is -2.42. The number of benzene rings is 2. The molecule has 0 saturated carbocycles. The van der Waals surface area contributed by atoms with Gasteiger partial charge < -0.3 is 15.4 Å². The van der Waals surface area contributed by atoms with Crippen molar-refractivity contribution in [2.24, 2.45) is 0 Å². The number of aromatic nitrogens is 1. The first-order chi connectivity index (χ1) is 14.3. The number of aromatic amines is 1. The summed E-state index contributed by atoms with van der Waals surface area (Å²) in [5.74, 6) is -1.66. The summed E-state index contributed by atoms with van der Waals surface area (Å²) in [5, 5.41) is 13.6. The van der Waals surface area contributed by atoms with Crippen molar-refractivity contribution in [1.82, 2.24) is 10.3 Å². The zero-order chi connectivity index (χ0) is 21.7. The van der Waals surface area contributed by atoms with E-state index in [1.165, 1.54) is 0 Å². The monoisotopic (exact) mass is 426 g/mol. The van der Waals surface area contributed by atoms with Crippen LogP contribution in [0.25, 0.3) is 10.9 Å². The summed E-state index contributed by atoms with van der Waals surface area (Å²) >= 11 is 5.99. The standard InChI is InChI=1S/C23H23ClN2O4/c1-14-10-15(6-8-19(14)24)11-17(27)7-9-22(28)26-21(23(29)30)12-16-13-25-20-5-3-2-4-18(16)20/h2-6,8,10,13,21,25H,7,9,11-12H2,1H3,(H,26,28)(H,29,30). The van der Waals surface area contributed by atoms with Gasteiger partial charge in [0.15, 0.2) is 0 Å². The van der Waals surface area contributed by atoms with E-state index in [0.29, 0.717) is 5.02 Å². The predicted molar refractivity (Wildman–Crippen MR) is 116 cm³/mol. The van der Waals surface area contributed by atoms with E-state index in [4.69, 9.17) is 11.6 Å². The van der Waals surface area contributed by atoms with Crippen molar-refractivity contribution in [2.75, 3.05) is 0 Å². The first-order valence-electron chi connectivity index (χ1n) is 9.67. The van der Waals surface area contributed by atoms with Gasteiger partial charge in [-0.3, -0.25) is 9.59 Å². The van der Waals surface area contributed by atoms with Gasteiger partial charge in [-0.15, -0.1) is 0 Å². The Kier molecular flexibility index (Phi) is 6.90. The Morgan fingerprint density at radius 1 is 1.13 bits per heavy atom. The Balaban J connectivity index is 1.54. The third-order valence-electron chi connectivity index (χ3n) is 4.99. The largest absolute Gasteiger partial charge is 0.480 e. The average Bonchev–Trinajstić information content (AvgIpc) is 3.12. The van der Waals surface area contributed by atoms with Crippen molar-refractivity contribution in [3.63, 3.8) is 0 Å². The number of fused-ring (bicyclic) bond motifs is 1. The number of aryl methyl sites for hydroxylation is 1. The molecule has 3 N–H and O–H groups in total. The van der Waals surface area contributed by atoms with Crippen LogP contribution in [0.1, 0.15) is 29.5 Å². The van der Waals surface area contributed by atoms with E-state index in [0.717, 1.165) is 27.6 Å². The van der Waals surface area contributed by atoms with Crippen LogP contribution < -0.4 is 5.32 Å². The third-order valence-corrected chi connectivity index (χ3v) is 5.41. The highest BCUT2D eigenvalue weighted by Gasteiger charge is 2.22. The Labute approximate surface area is 179 Å². The van der Waals surface area contributed by atoms with E-state index >= 15 is 0 Å². The normalized spacial score (nSPS) is 11.9. The highest BCUT2D eigenvalue weighted by atomic mass is 35.5. The van der Waals surface area contributed by atoms with Crippen LogP contribution in [-0.2, 0) is 27.2 Å². The van der Waals surface area contributed by atoms with Crippen molar-refractivity contribution in [3.05, 3.63) is 70.4 Å². The molecule has 6 nitrogen and oxygen atoms in total. The number of rotatable bonds is 9. The summed E-state index contributed by atoms with van der Waals surface area (Å²) < 4.78 is 0. The minimum Gasteiger partial charge on any atom is -0.480 e. The van der Waals surface area contributed by atoms with Crippen LogP contribution >= 0.6 is 11.6 Å².